The second-order valence-electron chi connectivity index (χ2n) is 6.00. The van der Waals surface area contributed by atoms with Gasteiger partial charge in [0.2, 0.25) is 0 Å². The number of nitrogens with one attached hydrogen (secondary N) is 4. The summed E-state index contributed by atoms with van der Waals surface area (Å²) >= 11 is 10.6. The summed E-state index contributed by atoms with van der Waals surface area (Å²) in [6, 6.07) is 8.07. The van der Waals surface area contributed by atoms with Gasteiger partial charge in [-0.1, -0.05) is 19.8 Å². The predicted octanol–water partition coefficient (Wildman–Crippen LogP) is 3.33. The van der Waals surface area contributed by atoms with E-state index in [1.807, 2.05) is 31.2 Å². The third-order valence-electron chi connectivity index (χ3n) is 4.14. The molecule has 1 fully saturated rings. The summed E-state index contributed by atoms with van der Waals surface area (Å²) in [6.45, 7) is 4.88. The molecule has 0 bridgehead atoms. The van der Waals surface area contributed by atoms with Gasteiger partial charge in [0, 0.05) is 11.7 Å². The van der Waals surface area contributed by atoms with Gasteiger partial charge in [-0.05, 0) is 74.4 Å². The molecule has 132 valence electrons. The maximum atomic E-state index is 5.41. The molecule has 0 aromatic heterocycles. The highest BCUT2D eigenvalue weighted by molar-refractivity contribution is 7.80. The van der Waals surface area contributed by atoms with Crippen molar-refractivity contribution in [2.75, 3.05) is 11.9 Å². The molecule has 0 radical (unpaired) electrons. The van der Waals surface area contributed by atoms with Gasteiger partial charge in [0.1, 0.15) is 5.75 Å². The summed E-state index contributed by atoms with van der Waals surface area (Å²) in [5, 5.41) is 7.49. The summed E-state index contributed by atoms with van der Waals surface area (Å²) in [5.41, 5.74) is 6.74. The van der Waals surface area contributed by atoms with Crippen molar-refractivity contribution in [2.24, 2.45) is 5.92 Å². The molecule has 24 heavy (non-hydrogen) atoms. The molecule has 2 rings (SSSR count). The smallest absolute Gasteiger partial charge is 0.189 e. The van der Waals surface area contributed by atoms with E-state index in [0.717, 1.165) is 17.9 Å². The molecule has 0 amide bonds. The van der Waals surface area contributed by atoms with E-state index in [2.05, 4.69) is 28.4 Å². The van der Waals surface area contributed by atoms with Gasteiger partial charge >= 0.3 is 0 Å². The molecule has 1 aromatic carbocycles. The van der Waals surface area contributed by atoms with Crippen molar-refractivity contribution < 1.29 is 4.74 Å². The van der Waals surface area contributed by atoms with Crippen LogP contribution in [-0.2, 0) is 0 Å². The lowest BCUT2D eigenvalue weighted by Gasteiger charge is -2.30. The van der Waals surface area contributed by atoms with E-state index in [1.165, 1.54) is 19.3 Å². The first kappa shape index (κ1) is 18.7. The van der Waals surface area contributed by atoms with Gasteiger partial charge in [-0.2, -0.15) is 0 Å². The minimum atomic E-state index is 0.438. The summed E-state index contributed by atoms with van der Waals surface area (Å²) in [4.78, 5) is 0. The van der Waals surface area contributed by atoms with E-state index in [1.54, 1.807) is 0 Å². The first-order valence-electron chi connectivity index (χ1n) is 8.45. The van der Waals surface area contributed by atoms with E-state index >= 15 is 0 Å². The van der Waals surface area contributed by atoms with Crippen molar-refractivity contribution >= 4 is 40.3 Å². The number of ether oxygens (including phenoxy) is 1. The Kier molecular flexibility index (Phi) is 7.52. The molecule has 5 nitrogen and oxygen atoms in total. The lowest BCUT2D eigenvalue weighted by molar-refractivity contribution is 0.308. The van der Waals surface area contributed by atoms with Crippen molar-refractivity contribution in [3.05, 3.63) is 24.3 Å². The summed E-state index contributed by atoms with van der Waals surface area (Å²) < 4.78 is 5.41. The minimum absolute atomic E-state index is 0.438. The second-order valence-corrected chi connectivity index (χ2v) is 6.82. The molecule has 0 unspecified atom stereocenters. The van der Waals surface area contributed by atoms with E-state index in [0.29, 0.717) is 28.8 Å². The molecule has 2 atom stereocenters. The van der Waals surface area contributed by atoms with Gasteiger partial charge in [-0.3, -0.25) is 10.9 Å². The molecule has 0 saturated heterocycles. The number of hydrazine groups is 1. The van der Waals surface area contributed by atoms with Gasteiger partial charge in [0.15, 0.2) is 10.2 Å². The van der Waals surface area contributed by atoms with E-state index < -0.39 is 0 Å². The molecular weight excluding hydrogens is 340 g/mol. The highest BCUT2D eigenvalue weighted by Gasteiger charge is 2.21. The van der Waals surface area contributed by atoms with Gasteiger partial charge in [0.05, 0.1) is 6.61 Å². The first-order chi connectivity index (χ1) is 11.6. The van der Waals surface area contributed by atoms with Gasteiger partial charge < -0.3 is 15.4 Å². The number of anilines is 1. The van der Waals surface area contributed by atoms with Crippen LogP contribution in [-0.4, -0.2) is 22.9 Å². The molecule has 1 aromatic rings. The fraction of sp³-hybridized carbons (Fsp3) is 0.529. The zero-order valence-corrected chi connectivity index (χ0v) is 15.9. The molecule has 1 saturated carbocycles. The summed E-state index contributed by atoms with van der Waals surface area (Å²) in [7, 11) is 0. The fourth-order valence-electron chi connectivity index (χ4n) is 2.81. The van der Waals surface area contributed by atoms with Gasteiger partial charge in [0.25, 0.3) is 0 Å². The standard InChI is InChI=1S/C17H26N4OS2/c1-3-22-14-10-8-13(9-11-14)18-16(23)20-21-17(24)19-15-7-5-4-6-12(15)2/h8-12,15H,3-7H2,1-2H3,(H2,18,20,23)(H2,19,21,24)/t12-,15-/m1/s1. The molecule has 1 aliphatic rings. The summed E-state index contributed by atoms with van der Waals surface area (Å²) in [6.07, 6.45) is 4.99. The molecule has 7 heteroatoms. The van der Waals surface area contributed by atoms with E-state index in [4.69, 9.17) is 29.2 Å². The van der Waals surface area contributed by atoms with Crippen LogP contribution in [0.15, 0.2) is 24.3 Å². The zero-order valence-electron chi connectivity index (χ0n) is 14.2. The zero-order chi connectivity index (χ0) is 17.4. The van der Waals surface area contributed by atoms with Crippen molar-refractivity contribution in [3.63, 3.8) is 0 Å². The molecular formula is C17H26N4OS2. The minimum Gasteiger partial charge on any atom is -0.494 e. The van der Waals surface area contributed by atoms with Crippen LogP contribution in [0.1, 0.15) is 39.5 Å². The molecule has 0 heterocycles. The van der Waals surface area contributed by atoms with Gasteiger partial charge in [-0.25, -0.2) is 0 Å². The Morgan fingerprint density at radius 3 is 2.42 bits per heavy atom. The normalized spacial score (nSPS) is 19.9. The lowest BCUT2D eigenvalue weighted by atomic mass is 9.86. The number of hydrogen-bond acceptors (Lipinski definition) is 3. The maximum absolute atomic E-state index is 5.41. The average molecular weight is 367 g/mol. The predicted molar refractivity (Wildman–Crippen MR) is 107 cm³/mol. The Bertz CT molecular complexity index is 550. The summed E-state index contributed by atoms with van der Waals surface area (Å²) in [5.74, 6) is 1.49. The van der Waals surface area contributed by atoms with Crippen molar-refractivity contribution in [2.45, 2.75) is 45.6 Å². The van der Waals surface area contributed by atoms with Gasteiger partial charge in [-0.15, -0.1) is 0 Å². The average Bonchev–Trinajstić information content (AvgIpc) is 2.57. The highest BCUT2D eigenvalue weighted by atomic mass is 32.1. The van der Waals surface area contributed by atoms with Crippen LogP contribution in [0, 0.1) is 5.92 Å². The largest absolute Gasteiger partial charge is 0.494 e. The number of rotatable bonds is 4. The third-order valence-corrected chi connectivity index (χ3v) is 4.56. The van der Waals surface area contributed by atoms with Crippen LogP contribution in [0.5, 0.6) is 5.75 Å². The molecule has 4 N–H and O–H groups in total. The number of hydrogen-bond donors (Lipinski definition) is 4. The Morgan fingerprint density at radius 1 is 1.08 bits per heavy atom. The monoisotopic (exact) mass is 366 g/mol. The SMILES string of the molecule is CCOc1ccc(NC(=S)NNC(=S)N[C@@H]2CCCC[C@H]2C)cc1. The van der Waals surface area contributed by atoms with E-state index in [-0.39, 0.29) is 0 Å². The van der Waals surface area contributed by atoms with E-state index in [9.17, 15) is 0 Å². The Labute approximate surface area is 154 Å². The molecule has 0 aliphatic heterocycles. The van der Waals surface area contributed by atoms with Crippen molar-refractivity contribution in [3.8, 4) is 5.75 Å². The Hall–Kier alpha value is -1.60. The molecule has 1 aliphatic carbocycles. The number of thiocarbonyl (C=S) groups is 2. The van der Waals surface area contributed by atoms with Crippen molar-refractivity contribution in [1.29, 1.82) is 0 Å². The fourth-order valence-corrected chi connectivity index (χ4v) is 3.18. The topological polar surface area (TPSA) is 57.4 Å². The maximum Gasteiger partial charge on any atom is 0.189 e. The lowest BCUT2D eigenvalue weighted by Crippen LogP contribution is -2.52. The first-order valence-corrected chi connectivity index (χ1v) is 9.26. The second kappa shape index (κ2) is 9.64. The van der Waals surface area contributed by atoms with Crippen LogP contribution >= 0.6 is 24.4 Å². The highest BCUT2D eigenvalue weighted by Crippen LogP contribution is 2.23. The van der Waals surface area contributed by atoms with Crippen LogP contribution in [0.2, 0.25) is 0 Å². The van der Waals surface area contributed by atoms with Crippen LogP contribution in [0.3, 0.4) is 0 Å². The number of benzene rings is 1. The Morgan fingerprint density at radius 2 is 1.75 bits per heavy atom. The van der Waals surface area contributed by atoms with Crippen LogP contribution in [0.4, 0.5) is 5.69 Å². The van der Waals surface area contributed by atoms with Crippen LogP contribution < -0.4 is 26.2 Å². The van der Waals surface area contributed by atoms with Crippen molar-refractivity contribution in [1.82, 2.24) is 16.2 Å². The van der Waals surface area contributed by atoms with Crippen LogP contribution in [0.25, 0.3) is 0 Å². The Balaban J connectivity index is 1.71. The third kappa shape index (κ3) is 6.13. The quantitative estimate of drug-likeness (QED) is 0.482. The molecule has 0 spiro atoms.